The number of nitrogens with zero attached hydrogens (tertiary/aromatic N) is 3. The number of hydrogen-bond donors (Lipinski definition) is 1. The molecule has 0 fully saturated rings. The molecule has 8 heteroatoms. The highest BCUT2D eigenvalue weighted by atomic mass is 32.2. The molecule has 118 valence electrons. The second kappa shape index (κ2) is 8.04. The fourth-order valence-electron chi connectivity index (χ4n) is 1.64. The Labute approximate surface area is 137 Å². The Balaban J connectivity index is 1.88. The third kappa shape index (κ3) is 5.19. The second-order valence-corrected chi connectivity index (χ2v) is 5.49. The van der Waals surface area contributed by atoms with Crippen molar-refractivity contribution in [2.45, 2.75) is 11.9 Å². The Morgan fingerprint density at radius 1 is 1.30 bits per heavy atom. The zero-order chi connectivity index (χ0) is 16.7. The van der Waals surface area contributed by atoms with Gasteiger partial charge in [0.15, 0.2) is 0 Å². The molecule has 1 heterocycles. The Morgan fingerprint density at radius 3 is 2.65 bits per heavy atom. The van der Waals surface area contributed by atoms with Crippen LogP contribution in [0.3, 0.4) is 0 Å². The van der Waals surface area contributed by atoms with Gasteiger partial charge in [-0.1, -0.05) is 17.8 Å². The van der Waals surface area contributed by atoms with E-state index in [1.165, 1.54) is 23.9 Å². The summed E-state index contributed by atoms with van der Waals surface area (Å²) in [7, 11) is 0. The highest BCUT2D eigenvalue weighted by molar-refractivity contribution is 7.99. The van der Waals surface area contributed by atoms with Gasteiger partial charge in [-0.05, 0) is 36.8 Å². The van der Waals surface area contributed by atoms with E-state index in [0.717, 1.165) is 5.03 Å². The van der Waals surface area contributed by atoms with Gasteiger partial charge in [-0.2, -0.15) is 5.10 Å². The Hall–Kier alpha value is -2.74. The van der Waals surface area contributed by atoms with Gasteiger partial charge in [0, 0.05) is 18.3 Å². The maximum Gasteiger partial charge on any atom is 0.269 e. The molecule has 0 atom stereocenters. The maximum absolute atomic E-state index is 11.7. The normalized spacial score (nSPS) is 11.1. The van der Waals surface area contributed by atoms with Crippen LogP contribution >= 0.6 is 11.8 Å². The Morgan fingerprint density at radius 2 is 2.04 bits per heavy atom. The van der Waals surface area contributed by atoms with Gasteiger partial charge in [0.2, 0.25) is 5.91 Å². The number of pyridine rings is 1. The molecule has 0 radical (unpaired) electrons. The summed E-state index contributed by atoms with van der Waals surface area (Å²) in [6.45, 7) is 1.72. The van der Waals surface area contributed by atoms with E-state index in [1.54, 1.807) is 25.3 Å². The SMILES string of the molecule is C/C(=N\NC(=O)CSc1ccccn1)c1ccc([N+](=O)[O-])cc1. The molecule has 23 heavy (non-hydrogen) atoms. The number of hydrazone groups is 1. The molecular weight excluding hydrogens is 316 g/mol. The van der Waals surface area contributed by atoms with Gasteiger partial charge < -0.3 is 0 Å². The van der Waals surface area contributed by atoms with Gasteiger partial charge in [0.25, 0.3) is 5.69 Å². The smallest absolute Gasteiger partial charge is 0.269 e. The molecule has 2 aromatic rings. The van der Waals surface area contributed by atoms with Crippen LogP contribution in [0.4, 0.5) is 5.69 Å². The van der Waals surface area contributed by atoms with E-state index >= 15 is 0 Å². The summed E-state index contributed by atoms with van der Waals surface area (Å²) in [5.74, 6) is -0.0458. The molecule has 7 nitrogen and oxygen atoms in total. The lowest BCUT2D eigenvalue weighted by molar-refractivity contribution is -0.384. The lowest BCUT2D eigenvalue weighted by Gasteiger charge is -2.03. The van der Waals surface area contributed by atoms with E-state index in [9.17, 15) is 14.9 Å². The molecule has 0 unspecified atom stereocenters. The first-order valence-electron chi connectivity index (χ1n) is 6.68. The van der Waals surface area contributed by atoms with Crippen LogP contribution in [0.2, 0.25) is 0 Å². The van der Waals surface area contributed by atoms with E-state index in [1.807, 2.05) is 18.2 Å². The zero-order valence-corrected chi connectivity index (χ0v) is 13.1. The van der Waals surface area contributed by atoms with Crippen molar-refractivity contribution in [3.8, 4) is 0 Å². The van der Waals surface area contributed by atoms with E-state index < -0.39 is 4.92 Å². The standard InChI is InChI=1S/C15H14N4O3S/c1-11(12-5-7-13(8-6-12)19(21)22)17-18-14(20)10-23-15-4-2-3-9-16-15/h2-9H,10H2,1H3,(H,18,20)/b17-11+. The van der Waals surface area contributed by atoms with Crippen molar-refractivity contribution in [1.82, 2.24) is 10.4 Å². The monoisotopic (exact) mass is 330 g/mol. The summed E-state index contributed by atoms with van der Waals surface area (Å²) in [5.41, 5.74) is 3.73. The summed E-state index contributed by atoms with van der Waals surface area (Å²) in [6.07, 6.45) is 1.66. The Bertz CT molecular complexity index is 717. The van der Waals surface area contributed by atoms with Crippen LogP contribution in [0.15, 0.2) is 58.8 Å². The van der Waals surface area contributed by atoms with Gasteiger partial charge in [-0.3, -0.25) is 14.9 Å². The summed E-state index contributed by atoms with van der Waals surface area (Å²) in [4.78, 5) is 26.0. The molecule has 1 amide bonds. The molecule has 2 rings (SSSR count). The molecule has 0 aliphatic carbocycles. The molecular formula is C15H14N4O3S. The molecule has 1 aromatic heterocycles. The summed E-state index contributed by atoms with van der Waals surface area (Å²) >= 11 is 1.31. The number of benzene rings is 1. The number of rotatable bonds is 6. The maximum atomic E-state index is 11.7. The quantitative estimate of drug-likeness (QED) is 0.380. The minimum atomic E-state index is -0.465. The van der Waals surface area contributed by atoms with Crippen molar-refractivity contribution in [2.75, 3.05) is 5.75 Å². The number of nitrogens with one attached hydrogen (secondary N) is 1. The number of nitro groups is 1. The van der Waals surface area contributed by atoms with E-state index in [0.29, 0.717) is 11.3 Å². The molecule has 0 aliphatic heterocycles. The first-order chi connectivity index (χ1) is 11.1. The van der Waals surface area contributed by atoms with Crippen molar-refractivity contribution < 1.29 is 9.72 Å². The molecule has 0 bridgehead atoms. The van der Waals surface area contributed by atoms with Gasteiger partial charge >= 0.3 is 0 Å². The van der Waals surface area contributed by atoms with Gasteiger partial charge in [0.05, 0.1) is 21.4 Å². The highest BCUT2D eigenvalue weighted by Crippen LogP contribution is 2.14. The van der Waals surface area contributed by atoms with Crippen LogP contribution in [0.25, 0.3) is 0 Å². The number of nitro benzene ring substituents is 1. The van der Waals surface area contributed by atoms with Gasteiger partial charge in [0.1, 0.15) is 0 Å². The number of aromatic nitrogens is 1. The van der Waals surface area contributed by atoms with Gasteiger partial charge in [-0.25, -0.2) is 10.4 Å². The Kier molecular flexibility index (Phi) is 5.81. The molecule has 0 saturated carbocycles. The molecule has 1 aromatic carbocycles. The number of non-ortho nitro benzene ring substituents is 1. The van der Waals surface area contributed by atoms with Crippen molar-refractivity contribution in [1.29, 1.82) is 0 Å². The summed E-state index contributed by atoms with van der Waals surface area (Å²) in [6, 6.07) is 11.5. The predicted molar refractivity (Wildman–Crippen MR) is 88.4 cm³/mol. The van der Waals surface area contributed by atoms with Gasteiger partial charge in [-0.15, -0.1) is 0 Å². The minimum absolute atomic E-state index is 0.0114. The van der Waals surface area contributed by atoms with Crippen LogP contribution in [0.1, 0.15) is 12.5 Å². The van der Waals surface area contributed by atoms with Crippen molar-refractivity contribution in [3.05, 3.63) is 64.3 Å². The highest BCUT2D eigenvalue weighted by Gasteiger charge is 2.06. The first kappa shape index (κ1) is 16.6. The second-order valence-electron chi connectivity index (χ2n) is 4.49. The first-order valence-corrected chi connectivity index (χ1v) is 7.66. The van der Waals surface area contributed by atoms with Crippen LogP contribution in [-0.2, 0) is 4.79 Å². The van der Waals surface area contributed by atoms with Crippen LogP contribution in [-0.4, -0.2) is 27.3 Å². The third-order valence-electron chi connectivity index (χ3n) is 2.83. The van der Waals surface area contributed by atoms with Crippen LogP contribution < -0.4 is 5.43 Å². The minimum Gasteiger partial charge on any atom is -0.272 e. The lowest BCUT2D eigenvalue weighted by Crippen LogP contribution is -2.21. The fraction of sp³-hybridized carbons (Fsp3) is 0.133. The lowest BCUT2D eigenvalue weighted by atomic mass is 10.1. The number of amides is 1. The molecule has 0 saturated heterocycles. The van der Waals surface area contributed by atoms with Crippen LogP contribution in [0.5, 0.6) is 0 Å². The predicted octanol–water partition coefficient (Wildman–Crippen LogP) is 2.62. The summed E-state index contributed by atoms with van der Waals surface area (Å²) in [5, 5.41) is 15.4. The number of thioether (sulfide) groups is 1. The summed E-state index contributed by atoms with van der Waals surface area (Å²) < 4.78 is 0. The third-order valence-corrected chi connectivity index (χ3v) is 3.78. The number of hydrogen-bond acceptors (Lipinski definition) is 6. The largest absolute Gasteiger partial charge is 0.272 e. The average Bonchev–Trinajstić information content (AvgIpc) is 2.58. The van der Waals surface area contributed by atoms with Crippen molar-refractivity contribution in [3.63, 3.8) is 0 Å². The number of carbonyl (C=O) groups excluding carboxylic acids is 1. The molecule has 0 aliphatic rings. The topological polar surface area (TPSA) is 97.5 Å². The van der Waals surface area contributed by atoms with E-state index in [4.69, 9.17) is 0 Å². The van der Waals surface area contributed by atoms with E-state index in [-0.39, 0.29) is 17.3 Å². The average molecular weight is 330 g/mol. The fourth-order valence-corrected chi connectivity index (χ4v) is 2.29. The molecule has 0 spiro atoms. The van der Waals surface area contributed by atoms with Crippen molar-refractivity contribution in [2.24, 2.45) is 5.10 Å². The molecule has 1 N–H and O–H groups in total. The zero-order valence-electron chi connectivity index (χ0n) is 12.3. The van der Waals surface area contributed by atoms with Crippen molar-refractivity contribution >= 4 is 29.1 Å². The van der Waals surface area contributed by atoms with E-state index in [2.05, 4.69) is 15.5 Å². The number of carbonyl (C=O) groups is 1. The van der Waals surface area contributed by atoms with Crippen LogP contribution in [0, 0.1) is 10.1 Å².